The lowest BCUT2D eigenvalue weighted by molar-refractivity contribution is -0.126. The Morgan fingerprint density at radius 1 is 1.22 bits per heavy atom. The fraction of sp³-hybridized carbons (Fsp3) is 0.263. The molecule has 0 radical (unpaired) electrons. The van der Waals surface area contributed by atoms with Crippen molar-refractivity contribution in [3.8, 4) is 11.1 Å². The van der Waals surface area contributed by atoms with E-state index in [-0.39, 0.29) is 6.54 Å². The number of aryl methyl sites for hydroxylation is 1. The molecule has 7 nitrogen and oxygen atoms in total. The normalized spacial score (nSPS) is 15.3. The number of aromatic nitrogens is 1. The van der Waals surface area contributed by atoms with Crippen molar-refractivity contribution >= 4 is 21.5 Å². The van der Waals surface area contributed by atoms with Crippen molar-refractivity contribution in [1.82, 2.24) is 14.8 Å². The zero-order valence-electron chi connectivity index (χ0n) is 14.9. The van der Waals surface area contributed by atoms with Crippen LogP contribution in [0.4, 0.5) is 0 Å². The molecule has 0 saturated heterocycles. The number of rotatable bonds is 5. The van der Waals surface area contributed by atoms with E-state index in [9.17, 15) is 13.2 Å². The Kier molecular flexibility index (Phi) is 5.69. The van der Waals surface area contributed by atoms with E-state index in [1.165, 1.54) is 9.79 Å². The topological polar surface area (TPSA) is 99.6 Å². The van der Waals surface area contributed by atoms with E-state index in [0.29, 0.717) is 13.0 Å². The standard InChI is InChI=1S/C19H21N3O4S/c1-14-12-17(2-3-18(14)16-4-8-20-9-5-16)15-6-10-22(11-7-15)27(25,26)13-19(23)21-24/h2-6,8-9,12,24H,7,10-11,13H2,1H3,(H,21,23). The Hall–Kier alpha value is -2.55. The van der Waals surface area contributed by atoms with Gasteiger partial charge in [-0.25, -0.2) is 13.9 Å². The van der Waals surface area contributed by atoms with Crippen LogP contribution in [0, 0.1) is 6.92 Å². The molecular formula is C19H21N3O4S. The number of nitrogens with one attached hydrogen (secondary N) is 1. The van der Waals surface area contributed by atoms with Crippen LogP contribution in [-0.2, 0) is 14.8 Å². The highest BCUT2D eigenvalue weighted by molar-refractivity contribution is 7.89. The molecule has 2 N–H and O–H groups in total. The third-order valence-corrected chi connectivity index (χ3v) is 6.34. The summed E-state index contributed by atoms with van der Waals surface area (Å²) in [5.74, 6) is -1.70. The largest absolute Gasteiger partial charge is 0.289 e. The molecule has 3 rings (SSSR count). The van der Waals surface area contributed by atoms with E-state index < -0.39 is 21.7 Å². The van der Waals surface area contributed by atoms with Gasteiger partial charge in [-0.05, 0) is 53.3 Å². The van der Waals surface area contributed by atoms with Gasteiger partial charge in [0.2, 0.25) is 10.0 Å². The van der Waals surface area contributed by atoms with Gasteiger partial charge >= 0.3 is 0 Å². The molecule has 0 aliphatic carbocycles. The number of hydrogen-bond acceptors (Lipinski definition) is 5. The Morgan fingerprint density at radius 3 is 2.56 bits per heavy atom. The van der Waals surface area contributed by atoms with E-state index in [1.54, 1.807) is 12.4 Å². The molecule has 2 heterocycles. The zero-order chi connectivity index (χ0) is 19.4. The molecule has 8 heteroatoms. The van der Waals surface area contributed by atoms with Crippen LogP contribution in [0.3, 0.4) is 0 Å². The van der Waals surface area contributed by atoms with Crippen molar-refractivity contribution < 1.29 is 18.4 Å². The molecule has 1 aromatic carbocycles. The Labute approximate surface area is 158 Å². The second kappa shape index (κ2) is 7.99. The van der Waals surface area contributed by atoms with Crippen LogP contribution < -0.4 is 5.48 Å². The first kappa shape index (κ1) is 19.2. The minimum absolute atomic E-state index is 0.210. The molecule has 0 atom stereocenters. The van der Waals surface area contributed by atoms with Gasteiger partial charge < -0.3 is 0 Å². The Morgan fingerprint density at radius 2 is 1.96 bits per heavy atom. The van der Waals surface area contributed by atoms with Crippen LogP contribution in [0.25, 0.3) is 16.7 Å². The van der Waals surface area contributed by atoms with Crippen LogP contribution in [-0.4, -0.2) is 47.7 Å². The molecule has 0 spiro atoms. The fourth-order valence-corrected chi connectivity index (χ4v) is 4.42. The second-order valence-electron chi connectivity index (χ2n) is 6.39. The molecule has 142 valence electrons. The summed E-state index contributed by atoms with van der Waals surface area (Å²) >= 11 is 0. The number of nitrogens with zero attached hydrogens (tertiary/aromatic N) is 2. The summed E-state index contributed by atoms with van der Waals surface area (Å²) in [6.45, 7) is 2.56. The van der Waals surface area contributed by atoms with Gasteiger partial charge in [0.1, 0.15) is 5.75 Å². The second-order valence-corrected chi connectivity index (χ2v) is 8.36. The molecule has 0 fully saturated rings. The van der Waals surface area contributed by atoms with Gasteiger partial charge in [0.25, 0.3) is 5.91 Å². The zero-order valence-corrected chi connectivity index (χ0v) is 15.7. The van der Waals surface area contributed by atoms with Crippen LogP contribution in [0.15, 0.2) is 48.8 Å². The summed E-state index contributed by atoms with van der Waals surface area (Å²) in [5, 5.41) is 8.52. The van der Waals surface area contributed by atoms with E-state index in [0.717, 1.165) is 27.8 Å². The summed E-state index contributed by atoms with van der Waals surface area (Å²) in [5.41, 5.74) is 6.87. The lowest BCUT2D eigenvalue weighted by Crippen LogP contribution is -2.40. The predicted octanol–water partition coefficient (Wildman–Crippen LogP) is 1.98. The maximum atomic E-state index is 12.2. The van der Waals surface area contributed by atoms with Crippen LogP contribution in [0.1, 0.15) is 17.5 Å². The molecule has 1 aliphatic rings. The first-order valence-corrected chi connectivity index (χ1v) is 10.1. The smallest absolute Gasteiger partial charge is 0.259 e. The summed E-state index contributed by atoms with van der Waals surface area (Å²) < 4.78 is 25.6. The maximum Gasteiger partial charge on any atom is 0.259 e. The summed E-state index contributed by atoms with van der Waals surface area (Å²) in [6.07, 6.45) is 5.96. The van der Waals surface area contributed by atoms with Crippen molar-refractivity contribution in [3.05, 3.63) is 59.9 Å². The van der Waals surface area contributed by atoms with Crippen molar-refractivity contribution in [2.45, 2.75) is 13.3 Å². The average Bonchev–Trinajstić information content (AvgIpc) is 2.68. The molecule has 0 saturated carbocycles. The van der Waals surface area contributed by atoms with Crippen molar-refractivity contribution in [3.63, 3.8) is 0 Å². The highest BCUT2D eigenvalue weighted by Crippen LogP contribution is 2.29. The van der Waals surface area contributed by atoms with Gasteiger partial charge in [-0.2, -0.15) is 4.31 Å². The lowest BCUT2D eigenvalue weighted by Gasteiger charge is -2.26. The highest BCUT2D eigenvalue weighted by Gasteiger charge is 2.27. The molecule has 1 amide bonds. The van der Waals surface area contributed by atoms with E-state index in [1.807, 2.05) is 31.2 Å². The monoisotopic (exact) mass is 387 g/mol. The van der Waals surface area contributed by atoms with Crippen LogP contribution in [0.5, 0.6) is 0 Å². The van der Waals surface area contributed by atoms with Crippen molar-refractivity contribution in [2.75, 3.05) is 18.8 Å². The number of hydroxylamine groups is 1. The summed E-state index contributed by atoms with van der Waals surface area (Å²) in [4.78, 5) is 15.2. The fourth-order valence-electron chi connectivity index (χ4n) is 3.17. The van der Waals surface area contributed by atoms with Gasteiger partial charge in [0, 0.05) is 25.5 Å². The maximum absolute atomic E-state index is 12.2. The molecule has 2 aromatic rings. The van der Waals surface area contributed by atoms with Gasteiger partial charge in [-0.1, -0.05) is 24.3 Å². The minimum atomic E-state index is -3.74. The first-order valence-electron chi connectivity index (χ1n) is 8.52. The Balaban J connectivity index is 1.76. The van der Waals surface area contributed by atoms with E-state index in [2.05, 4.69) is 17.1 Å². The minimum Gasteiger partial charge on any atom is -0.289 e. The summed E-state index contributed by atoms with van der Waals surface area (Å²) in [6, 6.07) is 10.1. The quantitative estimate of drug-likeness (QED) is 0.604. The highest BCUT2D eigenvalue weighted by atomic mass is 32.2. The van der Waals surface area contributed by atoms with Gasteiger partial charge in [-0.3, -0.25) is 15.0 Å². The number of amides is 1. The van der Waals surface area contributed by atoms with E-state index in [4.69, 9.17) is 5.21 Å². The van der Waals surface area contributed by atoms with Gasteiger partial charge in [0.15, 0.2) is 0 Å². The molecule has 1 aliphatic heterocycles. The average molecular weight is 387 g/mol. The van der Waals surface area contributed by atoms with Crippen LogP contribution >= 0.6 is 0 Å². The number of benzene rings is 1. The van der Waals surface area contributed by atoms with Crippen molar-refractivity contribution in [2.24, 2.45) is 0 Å². The van der Waals surface area contributed by atoms with Crippen molar-refractivity contribution in [1.29, 1.82) is 0 Å². The van der Waals surface area contributed by atoms with E-state index >= 15 is 0 Å². The number of pyridine rings is 1. The molecule has 1 aromatic heterocycles. The summed E-state index contributed by atoms with van der Waals surface area (Å²) in [7, 11) is -3.74. The first-order chi connectivity index (χ1) is 12.9. The van der Waals surface area contributed by atoms with Crippen LogP contribution in [0.2, 0.25) is 0 Å². The number of carbonyl (C=O) groups excluding carboxylic acids is 1. The number of hydrogen-bond donors (Lipinski definition) is 2. The van der Waals surface area contributed by atoms with Gasteiger partial charge in [-0.15, -0.1) is 0 Å². The third-order valence-electron chi connectivity index (χ3n) is 4.59. The molecular weight excluding hydrogens is 366 g/mol. The molecule has 0 unspecified atom stereocenters. The Bertz CT molecular complexity index is 972. The number of sulfonamides is 1. The predicted molar refractivity (Wildman–Crippen MR) is 102 cm³/mol. The third kappa shape index (κ3) is 4.41. The molecule has 0 bridgehead atoms. The SMILES string of the molecule is Cc1cc(C2=CCN(S(=O)(=O)CC(=O)NO)CC2)ccc1-c1ccncc1. The lowest BCUT2D eigenvalue weighted by atomic mass is 9.94. The van der Waals surface area contributed by atoms with Gasteiger partial charge in [0.05, 0.1) is 0 Å². The molecule has 27 heavy (non-hydrogen) atoms. The number of carbonyl (C=O) groups is 1.